The van der Waals surface area contributed by atoms with Crippen LogP contribution in [-0.4, -0.2) is 30.2 Å². The Labute approximate surface area is 168 Å². The first-order valence-electron chi connectivity index (χ1n) is 9.08. The van der Waals surface area contributed by atoms with Crippen molar-refractivity contribution in [1.82, 2.24) is 9.55 Å². The highest BCUT2D eigenvalue weighted by atomic mass is 32.2. The van der Waals surface area contributed by atoms with Crippen molar-refractivity contribution in [2.75, 3.05) is 0 Å². The second-order valence-corrected chi connectivity index (χ2v) is 8.11. The molecular weight excluding hydrogens is 394 g/mol. The molecule has 0 unspecified atom stereocenters. The van der Waals surface area contributed by atoms with E-state index in [1.807, 2.05) is 4.57 Å². The van der Waals surface area contributed by atoms with Crippen LogP contribution in [0.15, 0.2) is 47.4 Å². The summed E-state index contributed by atoms with van der Waals surface area (Å²) in [7, 11) is -3.84. The topological polar surface area (TPSA) is 121 Å². The van der Waals surface area contributed by atoms with Crippen molar-refractivity contribution in [3.05, 3.63) is 59.4 Å². The van der Waals surface area contributed by atoms with Gasteiger partial charge in [0.1, 0.15) is 18.7 Å². The molecule has 29 heavy (non-hydrogen) atoms. The zero-order valence-corrected chi connectivity index (χ0v) is 16.7. The number of rotatable bonds is 8. The van der Waals surface area contributed by atoms with Crippen LogP contribution in [0.2, 0.25) is 0 Å². The van der Waals surface area contributed by atoms with E-state index in [4.69, 9.17) is 9.88 Å². The lowest BCUT2D eigenvalue weighted by atomic mass is 10.1. The molecule has 152 valence electrons. The molecule has 0 atom stereocenters. The number of carbonyl (C=O) groups excluding carboxylic acids is 2. The van der Waals surface area contributed by atoms with Gasteiger partial charge in [-0.3, -0.25) is 4.79 Å². The first-order chi connectivity index (χ1) is 13.8. The van der Waals surface area contributed by atoms with Crippen molar-refractivity contribution in [1.29, 1.82) is 0 Å². The molecule has 1 aromatic heterocycles. The predicted octanol–water partition coefficient (Wildman–Crippen LogP) is 2.65. The zero-order chi connectivity index (χ0) is 21.0. The Balaban J connectivity index is 1.87. The Bertz CT molecular complexity index is 1150. The predicted molar refractivity (Wildman–Crippen MR) is 107 cm³/mol. The number of imidazole rings is 1. The molecule has 0 aliphatic rings. The smallest absolute Gasteiger partial charge is 0.338 e. The van der Waals surface area contributed by atoms with E-state index in [-0.39, 0.29) is 11.5 Å². The molecule has 0 saturated carbocycles. The molecule has 0 bridgehead atoms. The van der Waals surface area contributed by atoms with Crippen molar-refractivity contribution in [2.24, 2.45) is 5.14 Å². The van der Waals surface area contributed by atoms with Gasteiger partial charge in [0.05, 0.1) is 21.5 Å². The largest absolute Gasteiger partial charge is 0.454 e. The van der Waals surface area contributed by atoms with E-state index >= 15 is 0 Å². The van der Waals surface area contributed by atoms with Crippen molar-refractivity contribution >= 4 is 33.3 Å². The number of hydrogen-bond donors (Lipinski definition) is 1. The summed E-state index contributed by atoms with van der Waals surface area (Å²) in [5.74, 6) is -0.0281. The van der Waals surface area contributed by atoms with Crippen LogP contribution in [0.25, 0.3) is 11.0 Å². The third-order valence-corrected chi connectivity index (χ3v) is 5.39. The van der Waals surface area contributed by atoms with Crippen LogP contribution in [0.5, 0.6) is 0 Å². The Kier molecular flexibility index (Phi) is 6.09. The van der Waals surface area contributed by atoms with E-state index in [2.05, 4.69) is 11.9 Å². The number of aldehydes is 1. The Morgan fingerprint density at radius 2 is 1.93 bits per heavy atom. The standard InChI is InChI=1S/C20H21N3O5S/c1-2-3-10-23-18-9-8-16(29(21,26)27)11-17(18)22-19(23)13-28-20(25)15-6-4-14(12-24)5-7-15/h4-9,11-12H,2-3,10,13H2,1H3,(H2,21,26,27). The van der Waals surface area contributed by atoms with Gasteiger partial charge >= 0.3 is 5.97 Å². The molecule has 0 fully saturated rings. The summed E-state index contributed by atoms with van der Waals surface area (Å²) in [5.41, 5.74) is 2.00. The lowest BCUT2D eigenvalue weighted by Crippen LogP contribution is -2.12. The molecule has 2 aromatic carbocycles. The van der Waals surface area contributed by atoms with Gasteiger partial charge < -0.3 is 9.30 Å². The monoisotopic (exact) mass is 415 g/mol. The summed E-state index contributed by atoms with van der Waals surface area (Å²) in [5, 5.41) is 5.20. The van der Waals surface area contributed by atoms with Crippen molar-refractivity contribution in [3.63, 3.8) is 0 Å². The summed E-state index contributed by atoms with van der Waals surface area (Å²) < 4.78 is 30.5. The fourth-order valence-electron chi connectivity index (χ4n) is 2.92. The van der Waals surface area contributed by atoms with Gasteiger partial charge in [0.25, 0.3) is 0 Å². The normalized spacial score (nSPS) is 11.5. The van der Waals surface area contributed by atoms with Gasteiger partial charge in [-0.05, 0) is 36.8 Å². The van der Waals surface area contributed by atoms with Gasteiger partial charge in [-0.2, -0.15) is 0 Å². The molecule has 9 heteroatoms. The highest BCUT2D eigenvalue weighted by Crippen LogP contribution is 2.21. The minimum absolute atomic E-state index is 0.0241. The van der Waals surface area contributed by atoms with Crippen LogP contribution < -0.4 is 5.14 Å². The highest BCUT2D eigenvalue weighted by molar-refractivity contribution is 7.89. The van der Waals surface area contributed by atoms with Gasteiger partial charge in [0.2, 0.25) is 10.0 Å². The molecule has 0 aliphatic heterocycles. The number of ether oxygens (including phenoxy) is 1. The van der Waals surface area contributed by atoms with E-state index < -0.39 is 16.0 Å². The number of nitrogens with zero attached hydrogens (tertiary/aromatic N) is 2. The average Bonchev–Trinajstić information content (AvgIpc) is 3.06. The zero-order valence-electron chi connectivity index (χ0n) is 15.9. The van der Waals surface area contributed by atoms with Gasteiger partial charge in [0, 0.05) is 12.1 Å². The number of aryl methyl sites for hydroxylation is 1. The van der Waals surface area contributed by atoms with Crippen LogP contribution in [-0.2, 0) is 27.9 Å². The van der Waals surface area contributed by atoms with Crippen molar-refractivity contribution in [2.45, 2.75) is 37.8 Å². The lowest BCUT2D eigenvalue weighted by Gasteiger charge is -2.09. The van der Waals surface area contributed by atoms with E-state index in [0.29, 0.717) is 35.3 Å². The van der Waals surface area contributed by atoms with Gasteiger partial charge in [-0.25, -0.2) is 23.3 Å². The Morgan fingerprint density at radius 3 is 2.55 bits per heavy atom. The van der Waals surface area contributed by atoms with E-state index in [1.54, 1.807) is 6.07 Å². The Hall–Kier alpha value is -3.04. The maximum Gasteiger partial charge on any atom is 0.338 e. The van der Waals surface area contributed by atoms with Crippen LogP contribution in [0.1, 0.15) is 46.3 Å². The van der Waals surface area contributed by atoms with E-state index in [0.717, 1.165) is 18.4 Å². The fourth-order valence-corrected chi connectivity index (χ4v) is 3.46. The number of hydrogen-bond acceptors (Lipinski definition) is 6. The first kappa shape index (κ1) is 20.7. The maximum atomic E-state index is 12.3. The number of sulfonamides is 1. The van der Waals surface area contributed by atoms with Crippen LogP contribution >= 0.6 is 0 Å². The average molecular weight is 415 g/mol. The molecule has 3 aromatic rings. The quantitative estimate of drug-likeness (QED) is 0.446. The first-order valence-corrected chi connectivity index (χ1v) is 10.6. The summed E-state index contributed by atoms with van der Waals surface area (Å²) in [6.07, 6.45) is 2.54. The van der Waals surface area contributed by atoms with Gasteiger partial charge in [-0.1, -0.05) is 25.5 Å². The third-order valence-electron chi connectivity index (χ3n) is 4.48. The minimum Gasteiger partial charge on any atom is -0.454 e. The molecule has 0 amide bonds. The summed E-state index contributed by atoms with van der Waals surface area (Å²) in [6, 6.07) is 10.6. The lowest BCUT2D eigenvalue weighted by molar-refractivity contribution is 0.0458. The number of unbranched alkanes of at least 4 members (excludes halogenated alkanes) is 1. The summed E-state index contributed by atoms with van der Waals surface area (Å²) >= 11 is 0. The minimum atomic E-state index is -3.84. The van der Waals surface area contributed by atoms with Crippen LogP contribution in [0.3, 0.4) is 0 Å². The van der Waals surface area contributed by atoms with E-state index in [1.165, 1.54) is 36.4 Å². The molecule has 8 nitrogen and oxygen atoms in total. The number of fused-ring (bicyclic) bond motifs is 1. The molecule has 0 saturated heterocycles. The number of esters is 1. The second kappa shape index (κ2) is 8.54. The number of nitrogens with two attached hydrogens (primary N) is 1. The van der Waals surface area contributed by atoms with Crippen LogP contribution in [0, 0.1) is 0 Å². The maximum absolute atomic E-state index is 12.3. The number of benzene rings is 2. The van der Waals surface area contributed by atoms with Gasteiger partial charge in [-0.15, -0.1) is 0 Å². The summed E-state index contributed by atoms with van der Waals surface area (Å²) in [6.45, 7) is 2.64. The highest BCUT2D eigenvalue weighted by Gasteiger charge is 2.16. The molecule has 1 heterocycles. The molecule has 0 aliphatic carbocycles. The SMILES string of the molecule is CCCCn1c(COC(=O)c2ccc(C=O)cc2)nc2cc(S(N)(=O)=O)ccc21. The molecule has 3 rings (SSSR count). The van der Waals surface area contributed by atoms with Crippen LogP contribution in [0.4, 0.5) is 0 Å². The fraction of sp³-hybridized carbons (Fsp3) is 0.250. The molecule has 0 radical (unpaired) electrons. The van der Waals surface area contributed by atoms with Gasteiger partial charge in [0.15, 0.2) is 0 Å². The number of primary sulfonamides is 1. The number of carbonyl (C=O) groups is 2. The molecule has 2 N–H and O–H groups in total. The summed E-state index contributed by atoms with van der Waals surface area (Å²) in [4.78, 5) is 27.4. The Morgan fingerprint density at radius 1 is 1.21 bits per heavy atom. The molecular formula is C20H21N3O5S. The van der Waals surface area contributed by atoms with Crippen molar-refractivity contribution in [3.8, 4) is 0 Å². The van der Waals surface area contributed by atoms with Crippen molar-refractivity contribution < 1.29 is 22.7 Å². The van der Waals surface area contributed by atoms with E-state index in [9.17, 15) is 18.0 Å². The third kappa shape index (κ3) is 4.69. The number of aromatic nitrogens is 2. The molecule has 0 spiro atoms. The second-order valence-electron chi connectivity index (χ2n) is 6.54.